The summed E-state index contributed by atoms with van der Waals surface area (Å²) in [5.41, 5.74) is 5.80. The highest BCUT2D eigenvalue weighted by Crippen LogP contribution is 2.47. The molecular formula is C28H39F3N6O3. The van der Waals surface area contributed by atoms with Crippen LogP contribution >= 0.6 is 0 Å². The monoisotopic (exact) mass is 564 g/mol. The Morgan fingerprint density at radius 1 is 1.10 bits per heavy atom. The molecule has 0 aromatic carbocycles. The number of carbonyl (C=O) groups is 1. The van der Waals surface area contributed by atoms with Gasteiger partial charge in [0.2, 0.25) is 0 Å². The lowest BCUT2D eigenvalue weighted by atomic mass is 9.65. The predicted molar refractivity (Wildman–Crippen MR) is 143 cm³/mol. The first-order valence-corrected chi connectivity index (χ1v) is 14.5. The van der Waals surface area contributed by atoms with E-state index in [9.17, 15) is 22.8 Å². The summed E-state index contributed by atoms with van der Waals surface area (Å²) < 4.78 is 50.5. The van der Waals surface area contributed by atoms with E-state index < -0.39 is 23.5 Å². The van der Waals surface area contributed by atoms with E-state index in [1.54, 1.807) is 10.8 Å². The van der Waals surface area contributed by atoms with Crippen molar-refractivity contribution < 1.29 is 22.7 Å². The third-order valence-electron chi connectivity index (χ3n) is 9.95. The summed E-state index contributed by atoms with van der Waals surface area (Å²) in [5.74, 6) is 1.15. The summed E-state index contributed by atoms with van der Waals surface area (Å²) in [6.07, 6.45) is 5.84. The summed E-state index contributed by atoms with van der Waals surface area (Å²) in [6.45, 7) is 1.43. The normalized spacial score (nSPS) is 29.2. The number of amides is 1. The van der Waals surface area contributed by atoms with Gasteiger partial charge in [0.25, 0.3) is 0 Å². The van der Waals surface area contributed by atoms with Gasteiger partial charge >= 0.3 is 18.0 Å². The first-order chi connectivity index (χ1) is 19.2. The molecule has 6 rings (SSSR count). The molecule has 4 fully saturated rings. The van der Waals surface area contributed by atoms with Gasteiger partial charge in [-0.25, -0.2) is 20.4 Å². The van der Waals surface area contributed by atoms with Crippen LogP contribution in [0.25, 0.3) is 5.52 Å². The smallest absolute Gasteiger partial charge is 0.418 e. The lowest BCUT2D eigenvalue weighted by Gasteiger charge is -2.46. The number of rotatable bonds is 5. The summed E-state index contributed by atoms with van der Waals surface area (Å²) in [6, 6.07) is 1.02. The van der Waals surface area contributed by atoms with E-state index in [-0.39, 0.29) is 30.2 Å². The van der Waals surface area contributed by atoms with Crippen molar-refractivity contribution in [2.45, 2.75) is 75.7 Å². The van der Waals surface area contributed by atoms with Crippen LogP contribution in [0.4, 0.5) is 18.0 Å². The second-order valence-corrected chi connectivity index (χ2v) is 12.2. The molecule has 1 amide bonds. The maximum atomic E-state index is 14.3. The molecule has 0 spiro atoms. The van der Waals surface area contributed by atoms with Crippen LogP contribution in [0.15, 0.2) is 23.3 Å². The first kappa shape index (κ1) is 27.6. The molecule has 2 aromatic rings. The van der Waals surface area contributed by atoms with Crippen LogP contribution in [0.3, 0.4) is 0 Å². The minimum Gasteiger partial charge on any atom is -0.453 e. The Morgan fingerprint density at radius 3 is 2.50 bits per heavy atom. The van der Waals surface area contributed by atoms with Crippen molar-refractivity contribution in [2.75, 3.05) is 33.9 Å². The number of nitrogens with one attached hydrogen (secondary N) is 2. The summed E-state index contributed by atoms with van der Waals surface area (Å²) >= 11 is 0. The highest BCUT2D eigenvalue weighted by molar-refractivity contribution is 5.68. The molecule has 2 aromatic heterocycles. The number of hydrazine groups is 1. The van der Waals surface area contributed by atoms with Crippen LogP contribution in [0, 0.1) is 17.8 Å². The lowest BCUT2D eigenvalue weighted by molar-refractivity contribution is -0.136. The van der Waals surface area contributed by atoms with Crippen LogP contribution in [0.1, 0.15) is 74.5 Å². The molecular weight excluding hydrogens is 525 g/mol. The van der Waals surface area contributed by atoms with Gasteiger partial charge in [-0.2, -0.15) is 13.2 Å². The number of halogens is 3. The van der Waals surface area contributed by atoms with E-state index in [1.165, 1.54) is 41.9 Å². The minimum absolute atomic E-state index is 0.108. The number of hydrogen-bond acceptors (Lipinski definition) is 6. The number of fused-ring (bicyclic) bond motifs is 1. The maximum absolute atomic E-state index is 14.3. The third-order valence-corrected chi connectivity index (χ3v) is 9.95. The molecule has 2 saturated carbocycles. The molecule has 2 aliphatic heterocycles. The van der Waals surface area contributed by atoms with Crippen molar-refractivity contribution in [3.8, 4) is 0 Å². The summed E-state index contributed by atoms with van der Waals surface area (Å²) in [4.78, 5) is 29.5. The van der Waals surface area contributed by atoms with E-state index in [0.29, 0.717) is 36.3 Å². The number of pyridine rings is 1. The fourth-order valence-corrected chi connectivity index (χ4v) is 7.67. The van der Waals surface area contributed by atoms with Gasteiger partial charge in [-0.15, -0.1) is 0 Å². The molecule has 2 saturated heterocycles. The van der Waals surface area contributed by atoms with Crippen LogP contribution in [-0.2, 0) is 10.9 Å². The van der Waals surface area contributed by atoms with Crippen molar-refractivity contribution in [3.63, 3.8) is 0 Å². The maximum Gasteiger partial charge on any atom is 0.418 e. The number of ether oxygens (including phenoxy) is 1. The van der Waals surface area contributed by atoms with E-state index in [1.807, 2.05) is 0 Å². The van der Waals surface area contributed by atoms with Crippen molar-refractivity contribution in [3.05, 3.63) is 40.1 Å². The third kappa shape index (κ3) is 4.92. The highest BCUT2D eigenvalue weighted by Gasteiger charge is 2.44. The zero-order valence-electron chi connectivity index (χ0n) is 23.1. The van der Waals surface area contributed by atoms with Gasteiger partial charge < -0.3 is 9.64 Å². The molecule has 0 radical (unpaired) electrons. The van der Waals surface area contributed by atoms with Gasteiger partial charge in [-0.3, -0.25) is 13.9 Å². The van der Waals surface area contributed by atoms with Crippen LogP contribution < -0.4 is 16.5 Å². The van der Waals surface area contributed by atoms with E-state index in [0.717, 1.165) is 38.4 Å². The number of alkyl halides is 3. The molecule has 4 heterocycles. The van der Waals surface area contributed by atoms with E-state index >= 15 is 0 Å². The lowest BCUT2D eigenvalue weighted by Crippen LogP contribution is -2.50. The van der Waals surface area contributed by atoms with Gasteiger partial charge in [-0.1, -0.05) is 25.7 Å². The number of nitrogens with zero attached hydrogens (tertiary/aromatic N) is 4. The molecule has 0 bridgehead atoms. The van der Waals surface area contributed by atoms with Gasteiger partial charge in [0.15, 0.2) is 0 Å². The molecule has 9 nitrogen and oxygen atoms in total. The SMILES string of the molecule is COC(=O)N1CC[C@H](c2cc(C(F)(F)F)c3cn(C4CCCC([C@@H](C5CCC5)C5NNCN5C)C4)c(=O)n3c2)C1. The van der Waals surface area contributed by atoms with E-state index in [4.69, 9.17) is 4.74 Å². The average Bonchev–Trinajstić information content (AvgIpc) is 3.64. The Kier molecular flexibility index (Phi) is 7.37. The van der Waals surface area contributed by atoms with Crippen molar-refractivity contribution in [2.24, 2.45) is 17.8 Å². The van der Waals surface area contributed by atoms with Crippen molar-refractivity contribution >= 4 is 11.6 Å². The molecule has 2 N–H and O–H groups in total. The number of likely N-dealkylation sites (tertiary alicyclic amines) is 1. The summed E-state index contributed by atoms with van der Waals surface area (Å²) in [7, 11) is 3.40. The number of aromatic nitrogens is 2. The highest BCUT2D eigenvalue weighted by atomic mass is 19.4. The van der Waals surface area contributed by atoms with Gasteiger partial charge in [0.1, 0.15) is 0 Å². The van der Waals surface area contributed by atoms with Gasteiger partial charge in [0, 0.05) is 37.4 Å². The molecule has 2 aliphatic carbocycles. The molecule has 4 aliphatic rings. The Balaban J connectivity index is 1.32. The largest absolute Gasteiger partial charge is 0.453 e. The molecule has 3 unspecified atom stereocenters. The molecule has 12 heteroatoms. The number of methoxy groups -OCH3 is 1. The van der Waals surface area contributed by atoms with Crippen LogP contribution in [0.5, 0.6) is 0 Å². The van der Waals surface area contributed by atoms with Gasteiger partial charge in [0.05, 0.1) is 31.0 Å². The average molecular weight is 565 g/mol. The topological polar surface area (TPSA) is 83.2 Å². The summed E-state index contributed by atoms with van der Waals surface area (Å²) in [5, 5.41) is 0. The Hall–Kier alpha value is -2.57. The minimum atomic E-state index is -4.61. The fourth-order valence-electron chi connectivity index (χ4n) is 7.67. The number of imidazole rings is 1. The second kappa shape index (κ2) is 10.7. The Labute approximate surface area is 231 Å². The second-order valence-electron chi connectivity index (χ2n) is 12.2. The Morgan fingerprint density at radius 2 is 1.85 bits per heavy atom. The first-order valence-electron chi connectivity index (χ1n) is 14.5. The number of hydrogen-bond donors (Lipinski definition) is 2. The van der Waals surface area contributed by atoms with Crippen molar-refractivity contribution in [1.29, 1.82) is 0 Å². The zero-order valence-corrected chi connectivity index (χ0v) is 23.1. The standard InChI is InChI=1S/C28H39F3N6O3/c1-34-16-32-33-25(34)24(17-5-3-6-17)18-7-4-8-21(11-18)36-15-23-22(28(29,30)31)12-20(14-37(23)26(36)38)19-9-10-35(13-19)27(39)40-2/h12,14-15,17-19,21,24-25,32-33H,3-11,13,16H2,1-2H3/t18?,19-,21?,24+,25?/m0/s1. The van der Waals surface area contributed by atoms with Gasteiger partial charge in [-0.05, 0) is 62.1 Å². The molecule has 40 heavy (non-hydrogen) atoms. The zero-order chi connectivity index (χ0) is 28.2. The molecule has 220 valence electrons. The van der Waals surface area contributed by atoms with Crippen molar-refractivity contribution in [1.82, 2.24) is 29.6 Å². The Bertz CT molecular complexity index is 1300. The quantitative estimate of drug-likeness (QED) is 0.568. The van der Waals surface area contributed by atoms with E-state index in [2.05, 4.69) is 22.8 Å². The fraction of sp³-hybridized carbons (Fsp3) is 0.714. The van der Waals surface area contributed by atoms with Crippen LogP contribution in [-0.4, -0.2) is 64.9 Å². The molecule has 5 atom stereocenters. The number of carbonyl (C=O) groups excluding carboxylic acids is 1. The van der Waals surface area contributed by atoms with Crippen LogP contribution in [0.2, 0.25) is 0 Å². The predicted octanol–water partition coefficient (Wildman–Crippen LogP) is 4.15.